The smallest absolute Gasteiger partial charge is 0.367 e. The van der Waals surface area contributed by atoms with Gasteiger partial charge in [-0.05, 0) is 0 Å². The van der Waals surface area contributed by atoms with E-state index in [-0.39, 0.29) is 0 Å². The molecular weight excluding hydrogens is 128 g/mol. The van der Waals surface area contributed by atoms with Gasteiger partial charge in [-0.3, -0.25) is 0 Å². The molecule has 0 unspecified atom stereocenters. The van der Waals surface area contributed by atoms with Crippen molar-refractivity contribution in [2.45, 2.75) is 0 Å². The molecule has 38 valence electrons. The molecule has 6 heteroatoms. The minimum atomic E-state index is -4.37. The van der Waals surface area contributed by atoms with E-state index in [9.17, 15) is 0 Å². The summed E-state index contributed by atoms with van der Waals surface area (Å²) in [6, 6.07) is 0. The highest BCUT2D eigenvalue weighted by Crippen LogP contribution is 1.89. The third-order valence-corrected chi connectivity index (χ3v) is 0.932. The van der Waals surface area contributed by atoms with E-state index in [0.717, 1.165) is 0 Å². The van der Waals surface area contributed by atoms with Gasteiger partial charge < -0.3 is 14.4 Å². The fraction of sp³-hybridized carbons (Fsp3) is 0. The first-order valence-electron chi connectivity index (χ1n) is 1.03. The highest BCUT2D eigenvalue weighted by molar-refractivity contribution is 6.53. The lowest BCUT2D eigenvalue weighted by Gasteiger charge is -1.98. The van der Waals surface area contributed by atoms with Crippen LogP contribution in [0.4, 0.5) is 0 Å². The maximum absolute atomic E-state index is 7.72. The quantitative estimate of drug-likeness (QED) is 0.381. The zero-order valence-electron chi connectivity index (χ0n) is 2.63. The number of rotatable bonds is 1. The summed E-state index contributed by atoms with van der Waals surface area (Å²) in [5.41, 5.74) is 0. The molecule has 3 N–H and O–H groups in total. The van der Waals surface area contributed by atoms with Crippen molar-refractivity contribution in [3.8, 4) is 0 Å². The molecule has 0 bridgehead atoms. The van der Waals surface area contributed by atoms with Crippen molar-refractivity contribution in [2.75, 3.05) is 0 Å². The summed E-state index contributed by atoms with van der Waals surface area (Å²) >= 11 is 4.29. The summed E-state index contributed by atoms with van der Waals surface area (Å²) < 4.78 is 3.22. The Labute approximate surface area is 40.2 Å². The van der Waals surface area contributed by atoms with Crippen molar-refractivity contribution in [1.82, 2.24) is 0 Å². The maximum atomic E-state index is 7.72. The molecule has 0 spiro atoms. The van der Waals surface area contributed by atoms with Crippen LogP contribution in [0.3, 0.4) is 0 Å². The van der Waals surface area contributed by atoms with Gasteiger partial charge in [-0.25, -0.2) is 3.98 Å². The van der Waals surface area contributed by atoms with Gasteiger partial charge in [-0.1, -0.05) is 0 Å². The molecule has 0 aromatic heterocycles. The summed E-state index contributed by atoms with van der Waals surface area (Å²) in [6.07, 6.45) is 0. The van der Waals surface area contributed by atoms with Gasteiger partial charge in [0.1, 0.15) is 0 Å². The van der Waals surface area contributed by atoms with E-state index in [4.69, 9.17) is 14.4 Å². The first-order chi connectivity index (χ1) is 2.56. The molecule has 0 aliphatic rings. The van der Waals surface area contributed by atoms with Gasteiger partial charge in [0.2, 0.25) is 0 Å². The Morgan fingerprint density at radius 1 is 1.33 bits per heavy atom. The Balaban J connectivity index is 3.17. The molecule has 0 rings (SSSR count). The predicted molar refractivity (Wildman–Crippen MR) is 19.3 cm³/mol. The highest BCUT2D eigenvalue weighted by atomic mass is 35.5. The first kappa shape index (κ1) is 6.35. The van der Waals surface area contributed by atoms with Crippen LogP contribution < -0.4 is 0 Å². The zero-order chi connectivity index (χ0) is 5.21. The Morgan fingerprint density at radius 3 is 1.50 bits per heavy atom. The molecule has 0 fully saturated rings. The topological polar surface area (TPSA) is 69.9 Å². The fourth-order valence-corrected chi connectivity index (χ4v) is 0. The molecule has 0 saturated carbocycles. The molecule has 0 amide bonds. The van der Waals surface area contributed by atoms with Crippen LogP contribution in [-0.4, -0.2) is 23.4 Å². The van der Waals surface area contributed by atoms with E-state index in [1.807, 2.05) is 0 Å². The average molecular weight is 131 g/mol. The summed E-state index contributed by atoms with van der Waals surface area (Å²) in [5.74, 6) is 0. The second-order valence-corrected chi connectivity index (χ2v) is 2.42. The Kier molecular flexibility index (Phi) is 1.98. The van der Waals surface area contributed by atoms with Crippen LogP contribution in [-0.2, 0) is 3.98 Å². The third-order valence-electron chi connectivity index (χ3n) is 0.104. The van der Waals surface area contributed by atoms with Gasteiger partial charge in [0, 0.05) is 0 Å². The average Bonchev–Trinajstić information content (AvgIpc) is 1.35. The largest absolute Gasteiger partial charge is 0.688 e. The minimum absolute atomic E-state index is 3.22. The standard InChI is InChI=1S/ClH3O4Si/c1-5-6(2,3)4/h2-4H. The second kappa shape index (κ2) is 1.87. The molecule has 0 saturated heterocycles. The lowest BCUT2D eigenvalue weighted by atomic mass is 15.7. The van der Waals surface area contributed by atoms with Crippen molar-refractivity contribution >= 4 is 20.9 Å². The van der Waals surface area contributed by atoms with Crippen LogP contribution in [0.2, 0.25) is 0 Å². The van der Waals surface area contributed by atoms with Crippen LogP contribution in [0.5, 0.6) is 0 Å². The van der Waals surface area contributed by atoms with Gasteiger partial charge in [0.15, 0.2) is 0 Å². The van der Waals surface area contributed by atoms with Crippen molar-refractivity contribution in [3.05, 3.63) is 0 Å². The summed E-state index contributed by atoms with van der Waals surface area (Å²) in [6.45, 7) is 0. The Bertz CT molecular complexity index is 37.3. The fourth-order valence-electron chi connectivity index (χ4n) is 0. The first-order valence-corrected chi connectivity index (χ1v) is 3.09. The van der Waals surface area contributed by atoms with E-state index in [2.05, 4.69) is 15.8 Å². The van der Waals surface area contributed by atoms with Crippen molar-refractivity contribution in [1.29, 1.82) is 0 Å². The van der Waals surface area contributed by atoms with Crippen LogP contribution in [0, 0.1) is 0 Å². The van der Waals surface area contributed by atoms with Gasteiger partial charge in [0.05, 0.1) is 11.9 Å². The van der Waals surface area contributed by atoms with E-state index >= 15 is 0 Å². The zero-order valence-corrected chi connectivity index (χ0v) is 4.38. The molecule has 0 aromatic carbocycles. The molecule has 6 heavy (non-hydrogen) atoms. The minimum Gasteiger partial charge on any atom is -0.367 e. The van der Waals surface area contributed by atoms with Crippen molar-refractivity contribution < 1.29 is 18.4 Å². The van der Waals surface area contributed by atoms with E-state index < -0.39 is 9.05 Å². The summed E-state index contributed by atoms with van der Waals surface area (Å²) in [7, 11) is -4.37. The summed E-state index contributed by atoms with van der Waals surface area (Å²) in [5, 5.41) is 0. The van der Waals surface area contributed by atoms with Crippen LogP contribution >= 0.6 is 11.9 Å². The molecule has 0 aromatic rings. The van der Waals surface area contributed by atoms with Gasteiger partial charge in [-0.15, -0.1) is 0 Å². The van der Waals surface area contributed by atoms with E-state index in [1.165, 1.54) is 0 Å². The molecule has 0 atom stereocenters. The van der Waals surface area contributed by atoms with Crippen molar-refractivity contribution in [3.63, 3.8) is 0 Å². The molecular formula is H3ClO4Si. The predicted octanol–water partition coefficient (Wildman–Crippen LogP) is -1.43. The SMILES string of the molecule is O[Si](O)(O)OCl. The van der Waals surface area contributed by atoms with Crippen molar-refractivity contribution in [2.24, 2.45) is 0 Å². The number of hydrogen-bond donors (Lipinski definition) is 3. The monoisotopic (exact) mass is 130 g/mol. The maximum Gasteiger partial charge on any atom is 0.688 e. The molecule has 0 heterocycles. The van der Waals surface area contributed by atoms with E-state index in [0.29, 0.717) is 0 Å². The number of hydrogen-bond acceptors (Lipinski definition) is 4. The summed E-state index contributed by atoms with van der Waals surface area (Å²) in [4.78, 5) is 23.2. The molecule has 0 radical (unpaired) electrons. The van der Waals surface area contributed by atoms with Crippen LogP contribution in [0.15, 0.2) is 0 Å². The highest BCUT2D eigenvalue weighted by Gasteiger charge is 2.30. The third kappa shape index (κ3) is 4.35. The lowest BCUT2D eigenvalue weighted by molar-refractivity contribution is 0.135. The molecule has 0 aliphatic carbocycles. The van der Waals surface area contributed by atoms with E-state index in [1.54, 1.807) is 0 Å². The number of halogens is 1. The van der Waals surface area contributed by atoms with Crippen LogP contribution in [0.25, 0.3) is 0 Å². The molecule has 0 aliphatic heterocycles. The lowest BCUT2D eigenvalue weighted by Crippen LogP contribution is -2.35. The molecule has 4 nitrogen and oxygen atoms in total. The second-order valence-electron chi connectivity index (χ2n) is 0.651. The van der Waals surface area contributed by atoms with Crippen LogP contribution in [0.1, 0.15) is 0 Å². The van der Waals surface area contributed by atoms with Gasteiger partial charge in [0.25, 0.3) is 0 Å². The normalized spacial score (nSPS) is 12.0. The van der Waals surface area contributed by atoms with Gasteiger partial charge >= 0.3 is 9.05 Å². The Hall–Kier alpha value is 0.347. The van der Waals surface area contributed by atoms with Gasteiger partial charge in [-0.2, -0.15) is 0 Å². The Morgan fingerprint density at radius 2 is 1.50 bits per heavy atom.